The van der Waals surface area contributed by atoms with Crippen molar-refractivity contribution >= 4 is 45.4 Å². The number of nitrogens with zero attached hydrogens (tertiary/aromatic N) is 3. The van der Waals surface area contributed by atoms with Gasteiger partial charge in [-0.15, -0.1) is 0 Å². The predicted octanol–water partition coefficient (Wildman–Crippen LogP) is 2.39. The first-order chi connectivity index (χ1) is 15.2. The Morgan fingerprint density at radius 2 is 1.72 bits per heavy atom. The molecule has 0 radical (unpaired) electrons. The molecule has 10 heteroatoms. The maximum absolute atomic E-state index is 13.3. The molecular formula is C22H23FN4O5. The van der Waals surface area contributed by atoms with Gasteiger partial charge in [0.15, 0.2) is 5.78 Å². The van der Waals surface area contributed by atoms with Crippen LogP contribution in [0.2, 0.25) is 0 Å². The number of carbonyl (C=O) groups is 4. The van der Waals surface area contributed by atoms with Crippen LogP contribution < -0.4 is 5.32 Å². The number of fused-ring (bicyclic) bond motifs is 3. The van der Waals surface area contributed by atoms with Gasteiger partial charge in [-0.2, -0.15) is 10.2 Å². The number of ketones is 1. The third-order valence-corrected chi connectivity index (χ3v) is 5.39. The van der Waals surface area contributed by atoms with Gasteiger partial charge in [0.1, 0.15) is 12.7 Å². The highest BCUT2D eigenvalue weighted by Gasteiger charge is 2.31. The monoisotopic (exact) mass is 442 g/mol. The van der Waals surface area contributed by atoms with E-state index in [2.05, 4.69) is 15.5 Å². The van der Waals surface area contributed by atoms with Crippen LogP contribution in [0.3, 0.4) is 0 Å². The van der Waals surface area contributed by atoms with Crippen molar-refractivity contribution in [3.63, 3.8) is 0 Å². The molecule has 0 spiro atoms. The molecule has 2 heterocycles. The Hall–Kier alpha value is -3.69. The van der Waals surface area contributed by atoms with Gasteiger partial charge in [0.05, 0.1) is 29.8 Å². The molecule has 3 aromatic rings. The van der Waals surface area contributed by atoms with E-state index in [0.29, 0.717) is 11.0 Å². The van der Waals surface area contributed by atoms with Crippen LogP contribution in [0.5, 0.6) is 0 Å². The van der Waals surface area contributed by atoms with Crippen LogP contribution in [-0.4, -0.2) is 56.2 Å². The van der Waals surface area contributed by atoms with E-state index >= 15 is 0 Å². The fourth-order valence-electron chi connectivity index (χ4n) is 3.70. The summed E-state index contributed by atoms with van der Waals surface area (Å²) in [6.07, 6.45) is 2.09. The Labute approximate surface area is 182 Å². The number of halogens is 1. The van der Waals surface area contributed by atoms with Crippen molar-refractivity contribution in [2.75, 3.05) is 6.67 Å². The summed E-state index contributed by atoms with van der Waals surface area (Å²) in [7, 11) is 0. The van der Waals surface area contributed by atoms with E-state index in [9.17, 15) is 23.6 Å². The maximum atomic E-state index is 13.3. The zero-order chi connectivity index (χ0) is 23.4. The third kappa shape index (κ3) is 4.63. The smallest absolute Gasteiger partial charge is 0.305 e. The molecular weight excluding hydrogens is 419 g/mol. The van der Waals surface area contributed by atoms with Crippen molar-refractivity contribution in [3.8, 4) is 0 Å². The molecule has 2 atom stereocenters. The third-order valence-electron chi connectivity index (χ3n) is 5.39. The number of hydrogen-bond acceptors (Lipinski definition) is 6. The van der Waals surface area contributed by atoms with Crippen LogP contribution in [0.4, 0.5) is 4.39 Å². The van der Waals surface area contributed by atoms with Gasteiger partial charge in [-0.3, -0.25) is 23.7 Å². The lowest BCUT2D eigenvalue weighted by Gasteiger charge is -2.23. The lowest BCUT2D eigenvalue weighted by molar-refractivity contribution is -0.140. The number of amides is 1. The molecule has 2 N–H and O–H groups in total. The van der Waals surface area contributed by atoms with E-state index in [1.54, 1.807) is 32.2 Å². The number of nitrogens with one attached hydrogen (secondary N) is 1. The average molecular weight is 442 g/mol. The summed E-state index contributed by atoms with van der Waals surface area (Å²) >= 11 is 0. The van der Waals surface area contributed by atoms with Crippen molar-refractivity contribution in [1.29, 1.82) is 0 Å². The second-order valence-electron chi connectivity index (χ2n) is 7.85. The SMILES string of the molecule is CC(C)[C@H](CC(=O)n1c2ccccc2c2cnncc21)C(=O)NC(CC(=O)O)C(=O)CF. The summed E-state index contributed by atoms with van der Waals surface area (Å²) in [4.78, 5) is 48.9. The average Bonchev–Trinajstić information content (AvgIpc) is 3.10. The predicted molar refractivity (Wildman–Crippen MR) is 114 cm³/mol. The highest BCUT2D eigenvalue weighted by Crippen LogP contribution is 2.29. The number of Topliss-reactive ketones (excluding diaryl/α,β-unsaturated/α-hetero) is 1. The van der Waals surface area contributed by atoms with Crippen LogP contribution in [0, 0.1) is 11.8 Å². The number of aliphatic carboxylic acids is 1. The molecule has 0 aliphatic carbocycles. The number of carbonyl (C=O) groups excluding carboxylic acids is 3. The largest absolute Gasteiger partial charge is 0.481 e. The Kier molecular flexibility index (Phi) is 6.92. The normalized spacial score (nSPS) is 13.2. The van der Waals surface area contributed by atoms with Gasteiger partial charge in [-0.05, 0) is 12.0 Å². The van der Waals surface area contributed by atoms with E-state index in [-0.39, 0.29) is 18.2 Å². The van der Waals surface area contributed by atoms with Crippen molar-refractivity contribution in [2.24, 2.45) is 11.8 Å². The number of carboxylic acid groups (broad SMARTS) is 1. The van der Waals surface area contributed by atoms with Gasteiger partial charge < -0.3 is 10.4 Å². The topological polar surface area (TPSA) is 131 Å². The number of hydrogen-bond donors (Lipinski definition) is 2. The molecule has 1 aromatic carbocycles. The Bertz CT molecular complexity index is 1140. The molecule has 0 saturated carbocycles. The number of para-hydroxylation sites is 1. The molecule has 0 aliphatic heterocycles. The number of alkyl halides is 1. The number of benzene rings is 1. The Balaban J connectivity index is 1.91. The van der Waals surface area contributed by atoms with Crippen LogP contribution in [-0.2, 0) is 14.4 Å². The van der Waals surface area contributed by atoms with Gasteiger partial charge in [0.25, 0.3) is 0 Å². The second kappa shape index (κ2) is 9.63. The van der Waals surface area contributed by atoms with Crippen molar-refractivity contribution in [3.05, 3.63) is 36.7 Å². The molecule has 2 aromatic heterocycles. The molecule has 1 amide bonds. The molecule has 32 heavy (non-hydrogen) atoms. The number of carboxylic acids is 1. The van der Waals surface area contributed by atoms with E-state index in [0.717, 1.165) is 10.8 Å². The van der Waals surface area contributed by atoms with Crippen molar-refractivity contribution < 1.29 is 28.7 Å². The van der Waals surface area contributed by atoms with E-state index in [1.807, 2.05) is 12.1 Å². The highest BCUT2D eigenvalue weighted by molar-refractivity contribution is 6.13. The minimum Gasteiger partial charge on any atom is -0.481 e. The Morgan fingerprint density at radius 3 is 2.38 bits per heavy atom. The molecule has 9 nitrogen and oxygen atoms in total. The lowest BCUT2D eigenvalue weighted by atomic mass is 9.90. The molecule has 168 valence electrons. The molecule has 0 fully saturated rings. The first-order valence-electron chi connectivity index (χ1n) is 10.1. The summed E-state index contributed by atoms with van der Waals surface area (Å²) in [5, 5.41) is 20.6. The molecule has 0 saturated heterocycles. The van der Waals surface area contributed by atoms with Crippen molar-refractivity contribution in [1.82, 2.24) is 20.1 Å². The molecule has 3 rings (SSSR count). The zero-order valence-corrected chi connectivity index (χ0v) is 17.6. The van der Waals surface area contributed by atoms with Crippen molar-refractivity contribution in [2.45, 2.75) is 32.7 Å². The fraction of sp³-hybridized carbons (Fsp3) is 0.364. The summed E-state index contributed by atoms with van der Waals surface area (Å²) < 4.78 is 14.3. The molecule has 1 unspecified atom stereocenters. The quantitative estimate of drug-likeness (QED) is 0.520. The minimum absolute atomic E-state index is 0.205. The van der Waals surface area contributed by atoms with Gasteiger partial charge in [-0.25, -0.2) is 4.39 Å². The van der Waals surface area contributed by atoms with Crippen LogP contribution in [0.1, 0.15) is 31.5 Å². The zero-order valence-electron chi connectivity index (χ0n) is 17.6. The molecule has 0 aliphatic rings. The molecule has 0 bridgehead atoms. The van der Waals surface area contributed by atoms with Crippen LogP contribution in [0.25, 0.3) is 21.8 Å². The summed E-state index contributed by atoms with van der Waals surface area (Å²) in [6.45, 7) is 2.07. The van der Waals surface area contributed by atoms with Gasteiger partial charge >= 0.3 is 5.97 Å². The van der Waals surface area contributed by atoms with Gasteiger partial charge in [0, 0.05) is 23.1 Å². The Morgan fingerprint density at radius 1 is 1.03 bits per heavy atom. The first kappa shape index (κ1) is 23.0. The van der Waals surface area contributed by atoms with E-state index < -0.39 is 42.7 Å². The lowest BCUT2D eigenvalue weighted by Crippen LogP contribution is -2.47. The summed E-state index contributed by atoms with van der Waals surface area (Å²) in [5.41, 5.74) is 1.19. The number of aromatic nitrogens is 3. The highest BCUT2D eigenvalue weighted by atomic mass is 19.1. The summed E-state index contributed by atoms with van der Waals surface area (Å²) in [6, 6.07) is 5.77. The standard InChI is InChI=1S/C22H23FN4O5/c1-12(2)14(22(32)26-16(8-21(30)31)19(28)9-23)7-20(29)27-17-6-4-3-5-13(17)15-10-24-25-11-18(15)27/h3-6,10-12,14,16H,7-9H2,1-2H3,(H,26,32)(H,30,31)/t14-,16?/m0/s1. The second-order valence-corrected chi connectivity index (χ2v) is 7.85. The van der Waals surface area contributed by atoms with E-state index in [1.165, 1.54) is 10.8 Å². The van der Waals surface area contributed by atoms with E-state index in [4.69, 9.17) is 5.11 Å². The minimum atomic E-state index is -1.50. The number of rotatable bonds is 9. The van der Waals surface area contributed by atoms with Gasteiger partial charge in [0.2, 0.25) is 11.8 Å². The van der Waals surface area contributed by atoms with Crippen LogP contribution >= 0.6 is 0 Å². The maximum Gasteiger partial charge on any atom is 0.305 e. The van der Waals surface area contributed by atoms with Gasteiger partial charge in [-0.1, -0.05) is 32.0 Å². The first-order valence-corrected chi connectivity index (χ1v) is 10.1. The fourth-order valence-corrected chi connectivity index (χ4v) is 3.70. The van der Waals surface area contributed by atoms with Crippen LogP contribution in [0.15, 0.2) is 36.7 Å². The summed E-state index contributed by atoms with van der Waals surface area (Å²) in [5.74, 6) is -4.60.